The fourth-order valence-electron chi connectivity index (χ4n) is 3.61. The normalized spacial score (nSPS) is 25.1. The van der Waals surface area contributed by atoms with Crippen molar-refractivity contribution in [1.82, 2.24) is 9.80 Å². The Hall–Kier alpha value is -0.510. The highest BCUT2D eigenvalue weighted by Crippen LogP contribution is 2.25. The molecule has 0 spiro atoms. The molecule has 1 aromatic carbocycles. The van der Waals surface area contributed by atoms with Crippen molar-refractivity contribution in [2.75, 3.05) is 32.4 Å². The molecule has 3 rings (SSSR count). The molecule has 2 aliphatic rings. The number of rotatable bonds is 4. The van der Waals surface area contributed by atoms with Crippen molar-refractivity contribution >= 4 is 11.8 Å². The molecule has 2 fully saturated rings. The molecule has 2 saturated heterocycles. The summed E-state index contributed by atoms with van der Waals surface area (Å²) in [6, 6.07) is 9.68. The standard InChI is InChI=1S/C17H26N2S/c1-20-17-8-4-3-7-15(17)13-18-12-9-16(14-18)19-10-5-2-6-11-19/h3-4,7-8,16H,2,5-6,9-14H2,1H3/t16-/m0/s1. The third-order valence-electron chi connectivity index (χ3n) is 4.74. The van der Waals surface area contributed by atoms with Crippen LogP contribution in [0.15, 0.2) is 29.2 Å². The summed E-state index contributed by atoms with van der Waals surface area (Å²) in [6.45, 7) is 6.33. The zero-order valence-electron chi connectivity index (χ0n) is 12.6. The van der Waals surface area contributed by atoms with E-state index in [4.69, 9.17) is 0 Å². The molecule has 0 bridgehead atoms. The first-order chi connectivity index (χ1) is 9.86. The molecule has 1 atom stereocenters. The Labute approximate surface area is 127 Å². The van der Waals surface area contributed by atoms with Gasteiger partial charge in [0.2, 0.25) is 0 Å². The summed E-state index contributed by atoms with van der Waals surface area (Å²) >= 11 is 1.87. The van der Waals surface area contributed by atoms with Crippen LogP contribution < -0.4 is 0 Å². The molecule has 20 heavy (non-hydrogen) atoms. The Balaban J connectivity index is 1.57. The average Bonchev–Trinajstić information content (AvgIpc) is 2.97. The number of thioether (sulfide) groups is 1. The molecule has 1 aromatic rings. The molecule has 0 N–H and O–H groups in total. The second-order valence-electron chi connectivity index (χ2n) is 6.09. The Bertz CT molecular complexity index is 429. The van der Waals surface area contributed by atoms with Crippen LogP contribution in [-0.2, 0) is 6.54 Å². The molecule has 0 saturated carbocycles. The van der Waals surface area contributed by atoms with E-state index in [9.17, 15) is 0 Å². The first-order valence-electron chi connectivity index (χ1n) is 7.95. The van der Waals surface area contributed by atoms with Gasteiger partial charge in [-0.05, 0) is 50.2 Å². The van der Waals surface area contributed by atoms with E-state index in [1.165, 1.54) is 62.3 Å². The van der Waals surface area contributed by atoms with Crippen molar-refractivity contribution in [3.63, 3.8) is 0 Å². The summed E-state index contributed by atoms with van der Waals surface area (Å²) < 4.78 is 0. The first-order valence-corrected chi connectivity index (χ1v) is 9.17. The van der Waals surface area contributed by atoms with Crippen LogP contribution in [0.2, 0.25) is 0 Å². The minimum atomic E-state index is 0.816. The maximum absolute atomic E-state index is 2.74. The Morgan fingerprint density at radius 2 is 1.90 bits per heavy atom. The minimum absolute atomic E-state index is 0.816. The lowest BCUT2D eigenvalue weighted by molar-refractivity contribution is 0.161. The van der Waals surface area contributed by atoms with Crippen LogP contribution in [0, 0.1) is 0 Å². The molecule has 0 radical (unpaired) electrons. The maximum atomic E-state index is 2.74. The van der Waals surface area contributed by atoms with Gasteiger partial charge in [-0.1, -0.05) is 24.6 Å². The highest BCUT2D eigenvalue weighted by atomic mass is 32.2. The smallest absolute Gasteiger partial charge is 0.0245 e. The van der Waals surface area contributed by atoms with E-state index in [1.807, 2.05) is 11.8 Å². The summed E-state index contributed by atoms with van der Waals surface area (Å²) in [7, 11) is 0. The Morgan fingerprint density at radius 3 is 2.70 bits per heavy atom. The molecule has 0 aliphatic carbocycles. The van der Waals surface area contributed by atoms with Crippen molar-refractivity contribution in [2.45, 2.75) is 43.2 Å². The van der Waals surface area contributed by atoms with Gasteiger partial charge in [0.25, 0.3) is 0 Å². The van der Waals surface area contributed by atoms with Crippen LogP contribution in [0.1, 0.15) is 31.2 Å². The molecule has 0 aromatic heterocycles. The number of likely N-dealkylation sites (tertiary alicyclic amines) is 2. The third-order valence-corrected chi connectivity index (χ3v) is 5.58. The predicted octanol–water partition coefficient (Wildman–Crippen LogP) is 3.47. The third kappa shape index (κ3) is 3.38. The maximum Gasteiger partial charge on any atom is 0.0245 e. The highest BCUT2D eigenvalue weighted by molar-refractivity contribution is 7.98. The van der Waals surface area contributed by atoms with Crippen LogP contribution in [0.25, 0.3) is 0 Å². The van der Waals surface area contributed by atoms with Crippen LogP contribution >= 0.6 is 11.8 Å². The van der Waals surface area contributed by atoms with Gasteiger partial charge in [-0.3, -0.25) is 9.80 Å². The van der Waals surface area contributed by atoms with Crippen molar-refractivity contribution in [1.29, 1.82) is 0 Å². The number of piperidine rings is 1. The van der Waals surface area contributed by atoms with E-state index in [-0.39, 0.29) is 0 Å². The van der Waals surface area contributed by atoms with Gasteiger partial charge in [0, 0.05) is 30.6 Å². The number of benzene rings is 1. The van der Waals surface area contributed by atoms with Crippen LogP contribution in [0.3, 0.4) is 0 Å². The number of nitrogens with zero attached hydrogens (tertiary/aromatic N) is 2. The lowest BCUT2D eigenvalue weighted by atomic mass is 10.1. The zero-order valence-corrected chi connectivity index (χ0v) is 13.4. The summed E-state index contributed by atoms with van der Waals surface area (Å²) in [4.78, 5) is 6.83. The lowest BCUT2D eigenvalue weighted by Gasteiger charge is -2.32. The Morgan fingerprint density at radius 1 is 1.10 bits per heavy atom. The van der Waals surface area contributed by atoms with Gasteiger partial charge in [-0.15, -0.1) is 11.8 Å². The molecular weight excluding hydrogens is 264 g/mol. The van der Waals surface area contributed by atoms with E-state index in [0.29, 0.717) is 0 Å². The van der Waals surface area contributed by atoms with Crippen molar-refractivity contribution in [2.24, 2.45) is 0 Å². The van der Waals surface area contributed by atoms with E-state index in [0.717, 1.165) is 12.6 Å². The van der Waals surface area contributed by atoms with Gasteiger partial charge < -0.3 is 0 Å². The van der Waals surface area contributed by atoms with E-state index < -0.39 is 0 Å². The summed E-state index contributed by atoms with van der Waals surface area (Å²) in [5, 5.41) is 0. The van der Waals surface area contributed by atoms with Crippen LogP contribution in [-0.4, -0.2) is 48.3 Å². The molecule has 110 valence electrons. The zero-order chi connectivity index (χ0) is 13.8. The number of hydrogen-bond acceptors (Lipinski definition) is 3. The van der Waals surface area contributed by atoms with E-state index in [1.54, 1.807) is 0 Å². The summed E-state index contributed by atoms with van der Waals surface area (Å²) in [5.41, 5.74) is 1.50. The molecule has 2 aliphatic heterocycles. The van der Waals surface area contributed by atoms with Gasteiger partial charge >= 0.3 is 0 Å². The average molecular weight is 290 g/mol. The molecule has 0 unspecified atom stereocenters. The van der Waals surface area contributed by atoms with Gasteiger partial charge in [-0.25, -0.2) is 0 Å². The molecule has 2 nitrogen and oxygen atoms in total. The monoisotopic (exact) mass is 290 g/mol. The first kappa shape index (κ1) is 14.4. The minimum Gasteiger partial charge on any atom is -0.299 e. The highest BCUT2D eigenvalue weighted by Gasteiger charge is 2.28. The van der Waals surface area contributed by atoms with Crippen molar-refractivity contribution in [3.8, 4) is 0 Å². The molecule has 0 amide bonds. The topological polar surface area (TPSA) is 6.48 Å². The van der Waals surface area contributed by atoms with Crippen molar-refractivity contribution < 1.29 is 0 Å². The second kappa shape index (κ2) is 6.97. The van der Waals surface area contributed by atoms with Crippen LogP contribution in [0.5, 0.6) is 0 Å². The molecule has 3 heteroatoms. The van der Waals surface area contributed by atoms with Gasteiger partial charge in [0.15, 0.2) is 0 Å². The largest absolute Gasteiger partial charge is 0.299 e. The lowest BCUT2D eigenvalue weighted by Crippen LogP contribution is -2.40. The van der Waals surface area contributed by atoms with Crippen molar-refractivity contribution in [3.05, 3.63) is 29.8 Å². The fourth-order valence-corrected chi connectivity index (χ4v) is 4.22. The quantitative estimate of drug-likeness (QED) is 0.784. The number of hydrogen-bond donors (Lipinski definition) is 0. The van der Waals surface area contributed by atoms with E-state index >= 15 is 0 Å². The Kier molecular flexibility index (Phi) is 5.03. The summed E-state index contributed by atoms with van der Waals surface area (Å²) in [6.07, 6.45) is 7.80. The SMILES string of the molecule is CSc1ccccc1CN1CC[C@H](N2CCCCC2)C1. The van der Waals surface area contributed by atoms with Gasteiger partial charge in [0.05, 0.1) is 0 Å². The molecular formula is C17H26N2S. The van der Waals surface area contributed by atoms with Gasteiger partial charge in [-0.2, -0.15) is 0 Å². The summed E-state index contributed by atoms with van der Waals surface area (Å²) in [5.74, 6) is 0. The van der Waals surface area contributed by atoms with Crippen LogP contribution in [0.4, 0.5) is 0 Å². The van der Waals surface area contributed by atoms with Gasteiger partial charge in [0.1, 0.15) is 0 Å². The van der Waals surface area contributed by atoms with E-state index in [2.05, 4.69) is 40.3 Å². The second-order valence-corrected chi connectivity index (χ2v) is 6.93. The predicted molar refractivity (Wildman–Crippen MR) is 87.3 cm³/mol. The molecule has 2 heterocycles. The fraction of sp³-hybridized carbons (Fsp3) is 0.647.